The van der Waals surface area contributed by atoms with Crippen LogP contribution in [0.5, 0.6) is 0 Å². The van der Waals surface area contributed by atoms with E-state index < -0.39 is 8.07 Å². The lowest BCUT2D eigenvalue weighted by atomic mass is 10.1. The van der Waals surface area contributed by atoms with Crippen LogP contribution in [0.4, 0.5) is 0 Å². The van der Waals surface area contributed by atoms with Crippen molar-refractivity contribution in [2.24, 2.45) is 0 Å². The van der Waals surface area contributed by atoms with Gasteiger partial charge in [-0.05, 0) is 29.0 Å². The molecule has 2 rings (SSSR count). The van der Waals surface area contributed by atoms with Crippen molar-refractivity contribution in [1.82, 2.24) is 0 Å². The Morgan fingerprint density at radius 2 is 1.67 bits per heavy atom. The van der Waals surface area contributed by atoms with Crippen LogP contribution in [-0.4, -0.2) is 14.4 Å². The maximum absolute atomic E-state index is 10.7. The van der Waals surface area contributed by atoms with E-state index in [-0.39, 0.29) is 0 Å². The molecule has 0 radical (unpaired) electrons. The molecule has 2 aromatic rings. The van der Waals surface area contributed by atoms with Crippen molar-refractivity contribution in [2.75, 3.05) is 0 Å². The summed E-state index contributed by atoms with van der Waals surface area (Å²) in [5.41, 5.74) is 5.11. The number of rotatable bonds is 1. The van der Waals surface area contributed by atoms with Crippen LogP contribution >= 0.6 is 0 Å². The van der Waals surface area contributed by atoms with Crippen LogP contribution in [0, 0.1) is 11.5 Å². The van der Waals surface area contributed by atoms with Gasteiger partial charge >= 0.3 is 0 Å². The number of fused-ring (bicyclic) bond motifs is 1. The Morgan fingerprint density at radius 3 is 2.33 bits per heavy atom. The molecule has 0 aliphatic rings. The number of carbonyl (C=O) groups is 1. The third kappa shape index (κ3) is 3.09. The number of aldehydes is 1. The molecule has 0 atom stereocenters. The van der Waals surface area contributed by atoms with Crippen molar-refractivity contribution >= 4 is 25.1 Å². The van der Waals surface area contributed by atoms with Gasteiger partial charge in [-0.25, -0.2) is 0 Å². The molecule has 2 heteroatoms. The molecule has 0 saturated heterocycles. The molecular weight excluding hydrogens is 236 g/mol. The molecule has 0 aromatic heterocycles. The van der Waals surface area contributed by atoms with Crippen molar-refractivity contribution in [3.63, 3.8) is 0 Å². The number of benzene rings is 2. The van der Waals surface area contributed by atoms with Gasteiger partial charge < -0.3 is 0 Å². The summed E-state index contributed by atoms with van der Waals surface area (Å²) in [6.07, 6.45) is 0.873. The van der Waals surface area contributed by atoms with Crippen LogP contribution in [0.15, 0.2) is 36.4 Å². The van der Waals surface area contributed by atoms with Gasteiger partial charge in [-0.3, -0.25) is 4.79 Å². The third-order valence-electron chi connectivity index (χ3n) is 2.58. The Morgan fingerprint density at radius 1 is 1.00 bits per heavy atom. The smallest absolute Gasteiger partial charge is 0.150 e. The van der Waals surface area contributed by atoms with Gasteiger partial charge in [0.25, 0.3) is 0 Å². The molecule has 0 saturated carbocycles. The molecule has 0 bridgehead atoms. The molecule has 0 aliphatic heterocycles. The van der Waals surface area contributed by atoms with Crippen LogP contribution < -0.4 is 0 Å². The molecule has 0 fully saturated rings. The number of carbonyl (C=O) groups excluding carboxylic acids is 1. The lowest BCUT2D eigenvalue weighted by Crippen LogP contribution is -2.16. The van der Waals surface area contributed by atoms with E-state index in [1.54, 1.807) is 0 Å². The lowest BCUT2D eigenvalue weighted by molar-refractivity contribution is 0.112. The summed E-state index contributed by atoms with van der Waals surface area (Å²) >= 11 is 0. The first-order valence-electron chi connectivity index (χ1n) is 6.00. The highest BCUT2D eigenvalue weighted by molar-refractivity contribution is 6.83. The molecule has 0 heterocycles. The van der Waals surface area contributed by atoms with E-state index >= 15 is 0 Å². The van der Waals surface area contributed by atoms with Crippen molar-refractivity contribution in [1.29, 1.82) is 0 Å². The van der Waals surface area contributed by atoms with Gasteiger partial charge in [-0.2, -0.15) is 0 Å². The van der Waals surface area contributed by atoms with Crippen LogP contribution in [0.2, 0.25) is 19.6 Å². The highest BCUT2D eigenvalue weighted by atomic mass is 28.3. The van der Waals surface area contributed by atoms with Gasteiger partial charge in [0.15, 0.2) is 0 Å². The van der Waals surface area contributed by atoms with E-state index in [0.29, 0.717) is 5.56 Å². The van der Waals surface area contributed by atoms with Crippen LogP contribution in [0.1, 0.15) is 15.9 Å². The average molecular weight is 252 g/mol. The second kappa shape index (κ2) is 4.79. The zero-order valence-electron chi connectivity index (χ0n) is 10.9. The summed E-state index contributed by atoms with van der Waals surface area (Å²) in [5.74, 6) is 3.25. The maximum Gasteiger partial charge on any atom is 0.150 e. The van der Waals surface area contributed by atoms with Gasteiger partial charge in [-0.1, -0.05) is 43.8 Å². The first-order chi connectivity index (χ1) is 8.48. The highest BCUT2D eigenvalue weighted by Crippen LogP contribution is 2.17. The van der Waals surface area contributed by atoms with Crippen LogP contribution in [0.3, 0.4) is 0 Å². The van der Waals surface area contributed by atoms with Gasteiger partial charge in [0.1, 0.15) is 14.4 Å². The van der Waals surface area contributed by atoms with E-state index in [9.17, 15) is 4.79 Å². The zero-order chi connectivity index (χ0) is 13.2. The summed E-state index contributed by atoms with van der Waals surface area (Å²) in [7, 11) is -1.33. The highest BCUT2D eigenvalue weighted by Gasteiger charge is 2.07. The van der Waals surface area contributed by atoms with Gasteiger partial charge in [0.05, 0.1) is 0 Å². The van der Waals surface area contributed by atoms with Gasteiger partial charge in [-0.15, -0.1) is 5.54 Å². The van der Waals surface area contributed by atoms with E-state index in [2.05, 4.69) is 37.2 Å². The lowest BCUT2D eigenvalue weighted by Gasteiger charge is -2.04. The average Bonchev–Trinajstić information content (AvgIpc) is 2.34. The predicted molar refractivity (Wildman–Crippen MR) is 79.6 cm³/mol. The molecular formula is C16H16OSi. The largest absolute Gasteiger partial charge is 0.298 e. The molecule has 1 nitrogen and oxygen atoms in total. The fourth-order valence-corrected chi connectivity index (χ4v) is 2.19. The van der Waals surface area contributed by atoms with Crippen molar-refractivity contribution < 1.29 is 4.79 Å². The minimum atomic E-state index is -1.33. The molecule has 90 valence electrons. The number of hydrogen-bond acceptors (Lipinski definition) is 1. The first-order valence-corrected chi connectivity index (χ1v) is 9.50. The quantitative estimate of drug-likeness (QED) is 0.427. The Kier molecular flexibility index (Phi) is 3.36. The molecule has 0 unspecified atom stereocenters. The van der Waals surface area contributed by atoms with E-state index in [1.807, 2.05) is 30.3 Å². The SMILES string of the molecule is C[Si](C)(C)C#Cc1ccc2cc(C=O)ccc2c1. The van der Waals surface area contributed by atoms with E-state index in [0.717, 1.165) is 22.6 Å². The molecule has 0 spiro atoms. The van der Waals surface area contributed by atoms with Crippen molar-refractivity contribution in [3.05, 3.63) is 47.5 Å². The Labute approximate surface area is 109 Å². The van der Waals surface area contributed by atoms with Crippen molar-refractivity contribution in [2.45, 2.75) is 19.6 Å². The minimum Gasteiger partial charge on any atom is -0.298 e. The Balaban J connectivity index is 2.44. The number of hydrogen-bond donors (Lipinski definition) is 0. The summed E-state index contributed by atoms with van der Waals surface area (Å²) < 4.78 is 0. The molecule has 0 aliphatic carbocycles. The summed E-state index contributed by atoms with van der Waals surface area (Å²) in [5, 5.41) is 2.21. The van der Waals surface area contributed by atoms with Gasteiger partial charge in [0, 0.05) is 11.1 Å². The molecule has 2 aromatic carbocycles. The molecule has 18 heavy (non-hydrogen) atoms. The second-order valence-electron chi connectivity index (χ2n) is 5.44. The first kappa shape index (κ1) is 12.6. The fraction of sp³-hybridized carbons (Fsp3) is 0.188. The summed E-state index contributed by atoms with van der Waals surface area (Å²) in [6.45, 7) is 6.70. The van der Waals surface area contributed by atoms with Crippen LogP contribution in [0.25, 0.3) is 10.8 Å². The predicted octanol–water partition coefficient (Wildman–Crippen LogP) is 3.88. The summed E-state index contributed by atoms with van der Waals surface area (Å²) in [6, 6.07) is 11.8. The standard InChI is InChI=1S/C16H16OSi/c1-18(2,3)9-8-13-4-6-16-11-14(12-17)5-7-15(16)10-13/h4-7,10-12H,1-3H3. The zero-order valence-corrected chi connectivity index (χ0v) is 11.9. The molecule has 0 N–H and O–H groups in total. The summed E-state index contributed by atoms with van der Waals surface area (Å²) in [4.78, 5) is 10.7. The topological polar surface area (TPSA) is 17.1 Å². The minimum absolute atomic E-state index is 0.712. The maximum atomic E-state index is 10.7. The fourth-order valence-electron chi connectivity index (χ4n) is 1.67. The van der Waals surface area contributed by atoms with Crippen LogP contribution in [-0.2, 0) is 0 Å². The normalized spacial score (nSPS) is 10.8. The second-order valence-corrected chi connectivity index (χ2v) is 10.2. The van der Waals surface area contributed by atoms with Crippen molar-refractivity contribution in [3.8, 4) is 11.5 Å². The van der Waals surface area contributed by atoms with Gasteiger partial charge in [0.2, 0.25) is 0 Å². The molecule has 0 amide bonds. The third-order valence-corrected chi connectivity index (χ3v) is 3.46. The van der Waals surface area contributed by atoms with E-state index in [1.165, 1.54) is 0 Å². The Hall–Kier alpha value is -1.85. The van der Waals surface area contributed by atoms with E-state index in [4.69, 9.17) is 0 Å². The monoisotopic (exact) mass is 252 g/mol. The Bertz CT molecular complexity index is 654.